The number of halogens is 10. The molecule has 220 valence electrons. The number of unbranched alkanes of at least 4 members (excludes halogenated alkanes) is 2. The Bertz CT molecular complexity index is 787. The predicted molar refractivity (Wildman–Crippen MR) is 113 cm³/mol. The van der Waals surface area contributed by atoms with E-state index in [-0.39, 0.29) is 0 Å². The molecule has 0 unspecified atom stereocenters. The zero-order valence-electron chi connectivity index (χ0n) is 20.2. The zero-order valence-corrected chi connectivity index (χ0v) is 21.8. The molecule has 0 aliphatic heterocycles. The summed E-state index contributed by atoms with van der Waals surface area (Å²) >= 11 is 0. The molecule has 0 aromatic carbocycles. The van der Waals surface area contributed by atoms with Gasteiger partial charge in [0.05, 0.1) is 26.2 Å². The van der Waals surface area contributed by atoms with Crippen LogP contribution in [0.3, 0.4) is 0 Å². The molecule has 0 rings (SSSR count). The Balaban J connectivity index is 0. The maximum Gasteiger partial charge on any atom is 0.467 e. The molecular formula is C18H32F10N2O4S2. The molecule has 0 atom stereocenters. The quantitative estimate of drug-likeness (QED) is 0.130. The molecule has 36 heavy (non-hydrogen) atoms. The second-order valence-electron chi connectivity index (χ2n) is 8.00. The number of rotatable bonds is 14. The first kappa shape index (κ1) is 37.3. The smallest absolute Gasteiger partial charge is 0.425 e. The van der Waals surface area contributed by atoms with E-state index in [2.05, 4.69) is 27.7 Å². The fraction of sp³-hybridized carbons (Fsp3) is 1.00. The normalized spacial score (nSPS) is 14.4. The first-order valence-electron chi connectivity index (χ1n) is 10.9. The van der Waals surface area contributed by atoms with Crippen molar-refractivity contribution in [2.24, 2.45) is 0 Å². The summed E-state index contributed by atoms with van der Waals surface area (Å²) in [7, 11) is -15.2. The lowest BCUT2D eigenvalue weighted by molar-refractivity contribution is -0.928. The van der Waals surface area contributed by atoms with Crippen LogP contribution < -0.4 is 0 Å². The monoisotopic (exact) mass is 594 g/mol. The maximum atomic E-state index is 12.3. The first-order chi connectivity index (χ1) is 15.9. The summed E-state index contributed by atoms with van der Waals surface area (Å²) in [6.07, 6.45) is -5.79. The number of hydrogen-bond donors (Lipinski definition) is 0. The van der Waals surface area contributed by atoms with Crippen molar-refractivity contribution in [3.8, 4) is 0 Å². The third-order valence-corrected chi connectivity index (χ3v) is 8.16. The molecule has 6 nitrogen and oxygen atoms in total. The van der Waals surface area contributed by atoms with Crippen LogP contribution in [0, 0.1) is 0 Å². The minimum Gasteiger partial charge on any atom is -0.425 e. The van der Waals surface area contributed by atoms with Crippen molar-refractivity contribution in [1.29, 1.82) is 0 Å². The molecular weight excluding hydrogens is 562 g/mol. The third-order valence-electron chi connectivity index (χ3n) is 4.83. The highest BCUT2D eigenvalue weighted by molar-refractivity contribution is 8.13. The van der Waals surface area contributed by atoms with Crippen LogP contribution >= 0.6 is 0 Å². The Morgan fingerprint density at radius 2 is 0.833 bits per heavy atom. The van der Waals surface area contributed by atoms with Crippen molar-refractivity contribution in [3.63, 3.8) is 0 Å². The summed E-state index contributed by atoms with van der Waals surface area (Å²) in [6.45, 7) is 14.9. The van der Waals surface area contributed by atoms with Gasteiger partial charge in [0.25, 0.3) is 0 Å². The molecule has 0 saturated carbocycles. The fourth-order valence-electron chi connectivity index (χ4n) is 3.31. The van der Waals surface area contributed by atoms with Gasteiger partial charge in [-0.25, -0.2) is 16.8 Å². The van der Waals surface area contributed by atoms with E-state index in [0.29, 0.717) is 4.13 Å². The van der Waals surface area contributed by atoms with Crippen LogP contribution in [-0.2, 0) is 20.0 Å². The van der Waals surface area contributed by atoms with Gasteiger partial charge in [0.2, 0.25) is 0 Å². The van der Waals surface area contributed by atoms with E-state index in [1.165, 1.54) is 69.2 Å². The molecule has 0 N–H and O–H groups in total. The van der Waals surface area contributed by atoms with Gasteiger partial charge in [0.15, 0.2) is 20.0 Å². The number of sulfonamides is 2. The summed E-state index contributed by atoms with van der Waals surface area (Å²) in [5, 5.41) is -14.0. The van der Waals surface area contributed by atoms with E-state index in [0.717, 1.165) is 0 Å². The van der Waals surface area contributed by atoms with Gasteiger partial charge < -0.3 is 8.61 Å². The molecule has 0 radical (unpaired) electrons. The molecule has 0 aliphatic rings. The van der Waals surface area contributed by atoms with Gasteiger partial charge in [-0.05, 0) is 32.1 Å². The predicted octanol–water partition coefficient (Wildman–Crippen LogP) is 6.55. The molecule has 0 amide bonds. The average molecular weight is 595 g/mol. The van der Waals surface area contributed by atoms with Crippen molar-refractivity contribution < 1.29 is 65.2 Å². The van der Waals surface area contributed by atoms with Crippen LogP contribution in [0.4, 0.5) is 43.9 Å². The standard InChI is InChI=1S/C14H32N.C4F10NO4S2/c1-5-9-10-14-15(11-6-2,12-7-3)13-8-4;5-1(6,7)3(11,12)20(16,17)15-21(18,19)4(13,14)2(8,9)10/h5-14H2,1-4H3;/q+1;-1. The van der Waals surface area contributed by atoms with Crippen molar-refractivity contribution in [3.05, 3.63) is 4.13 Å². The Morgan fingerprint density at radius 1 is 0.528 bits per heavy atom. The van der Waals surface area contributed by atoms with Gasteiger partial charge in [-0.2, -0.15) is 43.9 Å². The Labute approximate surface area is 205 Å². The maximum absolute atomic E-state index is 12.3. The summed E-state index contributed by atoms with van der Waals surface area (Å²) in [5.41, 5.74) is 0. The Hall–Kier alpha value is -0.880. The number of nitrogens with zero attached hydrogens (tertiary/aromatic N) is 2. The highest BCUT2D eigenvalue weighted by Gasteiger charge is 2.68. The minimum absolute atomic E-state index is 0.422. The molecule has 18 heteroatoms. The van der Waals surface area contributed by atoms with Gasteiger partial charge in [0.1, 0.15) is 0 Å². The van der Waals surface area contributed by atoms with Crippen LogP contribution in [0.5, 0.6) is 0 Å². The highest BCUT2D eigenvalue weighted by atomic mass is 32.3. The second kappa shape index (κ2) is 13.8. The fourth-order valence-corrected chi connectivity index (χ4v) is 5.67. The minimum atomic E-state index is -7.62. The number of hydrogen-bond acceptors (Lipinski definition) is 4. The van der Waals surface area contributed by atoms with Gasteiger partial charge in [-0.3, -0.25) is 0 Å². The SMILES string of the molecule is CCCCC[N+](CCC)(CCC)CCC.O=S(=O)([N-]S(=O)(=O)C(F)(F)C(F)(F)F)C(F)(F)C(F)(F)F. The average Bonchev–Trinajstić information content (AvgIpc) is 2.66. The Kier molecular flexibility index (Phi) is 14.3. The summed E-state index contributed by atoms with van der Waals surface area (Å²) < 4.78 is 162. The lowest BCUT2D eigenvalue weighted by Crippen LogP contribution is -2.50. The molecule has 0 aromatic rings. The topological polar surface area (TPSA) is 82.4 Å². The van der Waals surface area contributed by atoms with Crippen LogP contribution in [0.15, 0.2) is 0 Å². The molecule has 0 aliphatic carbocycles. The molecule has 0 spiro atoms. The van der Waals surface area contributed by atoms with Crippen molar-refractivity contribution >= 4 is 20.0 Å². The van der Waals surface area contributed by atoms with Crippen LogP contribution in [0.25, 0.3) is 4.13 Å². The summed E-state index contributed by atoms with van der Waals surface area (Å²) in [6, 6.07) is 0. The number of quaternary nitrogens is 1. The van der Waals surface area contributed by atoms with E-state index < -0.39 is 42.9 Å². The van der Waals surface area contributed by atoms with E-state index in [1.54, 1.807) is 0 Å². The van der Waals surface area contributed by atoms with Crippen molar-refractivity contribution in [2.75, 3.05) is 26.2 Å². The van der Waals surface area contributed by atoms with Crippen LogP contribution in [-0.4, -0.2) is 70.4 Å². The van der Waals surface area contributed by atoms with Gasteiger partial charge in [0, 0.05) is 0 Å². The van der Waals surface area contributed by atoms with Gasteiger partial charge in [-0.1, -0.05) is 34.1 Å². The lowest BCUT2D eigenvalue weighted by atomic mass is 10.1. The molecule has 0 bridgehead atoms. The van der Waals surface area contributed by atoms with E-state index in [1.807, 2.05) is 0 Å². The molecule has 0 aromatic heterocycles. The zero-order chi connectivity index (χ0) is 29.3. The van der Waals surface area contributed by atoms with Gasteiger partial charge in [-0.15, -0.1) is 0 Å². The second-order valence-corrected chi connectivity index (χ2v) is 11.5. The molecule has 0 saturated heterocycles. The highest BCUT2D eigenvalue weighted by Crippen LogP contribution is 2.47. The van der Waals surface area contributed by atoms with E-state index in [9.17, 15) is 60.7 Å². The molecule has 0 heterocycles. The number of alkyl halides is 10. The van der Waals surface area contributed by atoms with E-state index >= 15 is 0 Å². The third kappa shape index (κ3) is 9.78. The summed E-state index contributed by atoms with van der Waals surface area (Å²) in [5.74, 6) is 0. The van der Waals surface area contributed by atoms with Gasteiger partial charge >= 0.3 is 22.9 Å². The summed E-state index contributed by atoms with van der Waals surface area (Å²) in [4.78, 5) is 0. The lowest BCUT2D eigenvalue weighted by Gasteiger charge is -2.38. The Morgan fingerprint density at radius 3 is 1.06 bits per heavy atom. The van der Waals surface area contributed by atoms with Crippen LogP contribution in [0.2, 0.25) is 0 Å². The van der Waals surface area contributed by atoms with Crippen LogP contribution in [0.1, 0.15) is 66.2 Å². The molecule has 0 fully saturated rings. The van der Waals surface area contributed by atoms with Crippen molar-refractivity contribution in [2.45, 2.75) is 89.1 Å². The first-order valence-corrected chi connectivity index (χ1v) is 13.8. The van der Waals surface area contributed by atoms with E-state index in [4.69, 9.17) is 0 Å². The van der Waals surface area contributed by atoms with Crippen molar-refractivity contribution in [1.82, 2.24) is 0 Å². The largest absolute Gasteiger partial charge is 0.467 e.